The maximum absolute atomic E-state index is 12.2. The quantitative estimate of drug-likeness (QED) is 0.800. The third-order valence-corrected chi connectivity index (χ3v) is 4.26. The summed E-state index contributed by atoms with van der Waals surface area (Å²) in [6, 6.07) is 5.56. The fraction of sp³-hybridized carbons (Fsp3) is 0.533. The molecule has 20 heavy (non-hydrogen) atoms. The third kappa shape index (κ3) is 4.80. The number of hydrogen-bond donors (Lipinski definition) is 2. The van der Waals surface area contributed by atoms with Crippen LogP contribution < -0.4 is 10.1 Å². The molecule has 5 heteroatoms. The number of aliphatic hydroxyl groups is 1. The Morgan fingerprint density at radius 2 is 2.20 bits per heavy atom. The first-order valence-corrected chi connectivity index (χ1v) is 7.47. The van der Waals surface area contributed by atoms with Gasteiger partial charge in [0.15, 0.2) is 0 Å². The number of hydrogen-bond acceptors (Lipinski definition) is 3. The lowest BCUT2D eigenvalue weighted by Crippen LogP contribution is -2.46. The van der Waals surface area contributed by atoms with Gasteiger partial charge in [-0.1, -0.05) is 22.9 Å². The molecule has 0 aliphatic rings. The number of aliphatic hydroxyl groups excluding tert-OH is 1. The van der Waals surface area contributed by atoms with Gasteiger partial charge in [-0.25, -0.2) is 0 Å². The summed E-state index contributed by atoms with van der Waals surface area (Å²) in [7, 11) is 1.60. The van der Waals surface area contributed by atoms with E-state index in [1.54, 1.807) is 7.11 Å². The van der Waals surface area contributed by atoms with Crippen LogP contribution in [-0.4, -0.2) is 30.3 Å². The van der Waals surface area contributed by atoms with E-state index in [1.165, 1.54) is 0 Å². The predicted molar refractivity (Wildman–Crippen MR) is 82.9 cm³/mol. The SMILES string of the molecule is CCC(C)(CCO)NC(=O)Cc1cc(OC)ccc1Br. The highest BCUT2D eigenvalue weighted by Crippen LogP contribution is 2.23. The summed E-state index contributed by atoms with van der Waals surface area (Å²) in [6.07, 6.45) is 1.60. The number of methoxy groups -OCH3 is 1. The zero-order valence-electron chi connectivity index (χ0n) is 12.2. The second-order valence-corrected chi connectivity index (χ2v) is 5.92. The normalized spacial score (nSPS) is 13.7. The average Bonchev–Trinajstić information content (AvgIpc) is 2.41. The van der Waals surface area contributed by atoms with Gasteiger partial charge in [-0.05, 0) is 43.5 Å². The van der Waals surface area contributed by atoms with Crippen LogP contribution >= 0.6 is 15.9 Å². The first-order valence-electron chi connectivity index (χ1n) is 6.68. The Bertz CT molecular complexity index is 464. The molecular formula is C15H22BrNO3. The van der Waals surface area contributed by atoms with E-state index in [0.717, 1.165) is 22.2 Å². The van der Waals surface area contributed by atoms with Gasteiger partial charge in [-0.2, -0.15) is 0 Å². The van der Waals surface area contributed by atoms with Gasteiger partial charge in [0.1, 0.15) is 5.75 Å². The van der Waals surface area contributed by atoms with Crippen molar-refractivity contribution in [1.29, 1.82) is 0 Å². The van der Waals surface area contributed by atoms with Gasteiger partial charge < -0.3 is 15.2 Å². The largest absolute Gasteiger partial charge is 0.497 e. The van der Waals surface area contributed by atoms with E-state index >= 15 is 0 Å². The number of ether oxygens (including phenoxy) is 1. The van der Waals surface area contributed by atoms with E-state index in [0.29, 0.717) is 6.42 Å². The van der Waals surface area contributed by atoms with Crippen molar-refractivity contribution in [3.8, 4) is 5.75 Å². The number of amides is 1. The maximum Gasteiger partial charge on any atom is 0.224 e. The summed E-state index contributed by atoms with van der Waals surface area (Å²) in [6.45, 7) is 4.01. The molecule has 0 spiro atoms. The zero-order valence-corrected chi connectivity index (χ0v) is 13.8. The molecule has 0 aliphatic carbocycles. The van der Waals surface area contributed by atoms with Gasteiger partial charge in [0, 0.05) is 16.6 Å². The van der Waals surface area contributed by atoms with Crippen LogP contribution in [0.15, 0.2) is 22.7 Å². The third-order valence-electron chi connectivity index (χ3n) is 3.49. The van der Waals surface area contributed by atoms with Gasteiger partial charge >= 0.3 is 0 Å². The highest BCUT2D eigenvalue weighted by atomic mass is 79.9. The second-order valence-electron chi connectivity index (χ2n) is 5.07. The molecule has 0 aliphatic heterocycles. The lowest BCUT2D eigenvalue weighted by atomic mass is 9.94. The molecule has 1 atom stereocenters. The van der Waals surface area contributed by atoms with E-state index in [2.05, 4.69) is 21.2 Å². The van der Waals surface area contributed by atoms with Crippen LogP contribution in [0, 0.1) is 0 Å². The molecule has 0 saturated heterocycles. The van der Waals surface area contributed by atoms with Gasteiger partial charge in [0.05, 0.1) is 13.5 Å². The van der Waals surface area contributed by atoms with Gasteiger partial charge in [0.2, 0.25) is 5.91 Å². The van der Waals surface area contributed by atoms with Crippen LogP contribution in [0.1, 0.15) is 32.3 Å². The number of carbonyl (C=O) groups excluding carboxylic acids is 1. The van der Waals surface area contributed by atoms with Crippen LogP contribution in [-0.2, 0) is 11.2 Å². The predicted octanol–water partition coefficient (Wildman–Crippen LogP) is 2.67. The van der Waals surface area contributed by atoms with Gasteiger partial charge in [-0.3, -0.25) is 4.79 Å². The van der Waals surface area contributed by atoms with Crippen molar-refractivity contribution in [1.82, 2.24) is 5.32 Å². The molecule has 1 aromatic carbocycles. The van der Waals surface area contributed by atoms with Crippen molar-refractivity contribution < 1.29 is 14.6 Å². The monoisotopic (exact) mass is 343 g/mol. The Hall–Kier alpha value is -1.07. The molecule has 1 amide bonds. The second kappa shape index (κ2) is 7.64. The maximum atomic E-state index is 12.2. The Morgan fingerprint density at radius 1 is 1.50 bits per heavy atom. The molecule has 1 unspecified atom stereocenters. The summed E-state index contributed by atoms with van der Waals surface area (Å²) >= 11 is 3.44. The molecular weight excluding hydrogens is 322 g/mol. The molecule has 1 rings (SSSR count). The van der Waals surface area contributed by atoms with Gasteiger partial charge in [-0.15, -0.1) is 0 Å². The highest BCUT2D eigenvalue weighted by molar-refractivity contribution is 9.10. The molecule has 0 aromatic heterocycles. The fourth-order valence-corrected chi connectivity index (χ4v) is 2.33. The Morgan fingerprint density at radius 3 is 2.75 bits per heavy atom. The molecule has 4 nitrogen and oxygen atoms in total. The first-order chi connectivity index (χ1) is 9.44. The van der Waals surface area contributed by atoms with Crippen LogP contribution in [0.3, 0.4) is 0 Å². The highest BCUT2D eigenvalue weighted by Gasteiger charge is 2.23. The number of rotatable bonds is 7. The van der Waals surface area contributed by atoms with Crippen molar-refractivity contribution in [2.45, 2.75) is 38.6 Å². The van der Waals surface area contributed by atoms with E-state index in [4.69, 9.17) is 9.84 Å². The Labute approximate surface area is 128 Å². The smallest absolute Gasteiger partial charge is 0.224 e. The molecule has 2 N–H and O–H groups in total. The van der Waals surface area contributed by atoms with E-state index in [1.807, 2.05) is 32.0 Å². The Kier molecular flexibility index (Phi) is 6.49. The number of halogens is 1. The molecule has 0 heterocycles. The molecule has 1 aromatic rings. The fourth-order valence-electron chi connectivity index (χ4n) is 1.94. The van der Waals surface area contributed by atoms with Crippen molar-refractivity contribution in [2.24, 2.45) is 0 Å². The lowest BCUT2D eigenvalue weighted by Gasteiger charge is -2.29. The van der Waals surface area contributed by atoms with Crippen LogP contribution in [0.2, 0.25) is 0 Å². The van der Waals surface area contributed by atoms with E-state index < -0.39 is 0 Å². The van der Waals surface area contributed by atoms with Crippen LogP contribution in [0.25, 0.3) is 0 Å². The molecule has 112 valence electrons. The topological polar surface area (TPSA) is 58.6 Å². The summed E-state index contributed by atoms with van der Waals surface area (Å²) in [4.78, 5) is 12.2. The first kappa shape index (κ1) is 17.0. The summed E-state index contributed by atoms with van der Waals surface area (Å²) in [5.41, 5.74) is 0.515. The van der Waals surface area contributed by atoms with Crippen molar-refractivity contribution >= 4 is 21.8 Å². The number of carbonyl (C=O) groups is 1. The summed E-state index contributed by atoms with van der Waals surface area (Å²) in [5.74, 6) is 0.668. The minimum Gasteiger partial charge on any atom is -0.497 e. The molecule has 0 radical (unpaired) electrons. The number of nitrogens with one attached hydrogen (secondary N) is 1. The van der Waals surface area contributed by atoms with Crippen molar-refractivity contribution in [3.05, 3.63) is 28.2 Å². The standard InChI is InChI=1S/C15H22BrNO3/c1-4-15(2,7-8-18)17-14(19)10-11-9-12(20-3)5-6-13(11)16/h5-6,9,18H,4,7-8,10H2,1-3H3,(H,17,19). The van der Waals surface area contributed by atoms with E-state index in [-0.39, 0.29) is 24.5 Å². The minimum absolute atomic E-state index is 0.0586. The zero-order chi connectivity index (χ0) is 15.2. The van der Waals surface area contributed by atoms with E-state index in [9.17, 15) is 4.79 Å². The number of benzene rings is 1. The van der Waals surface area contributed by atoms with Crippen molar-refractivity contribution in [3.63, 3.8) is 0 Å². The van der Waals surface area contributed by atoms with Crippen LogP contribution in [0.4, 0.5) is 0 Å². The van der Waals surface area contributed by atoms with Crippen molar-refractivity contribution in [2.75, 3.05) is 13.7 Å². The minimum atomic E-state index is -0.364. The molecule has 0 saturated carbocycles. The van der Waals surface area contributed by atoms with Crippen LogP contribution in [0.5, 0.6) is 5.75 Å². The molecule has 0 bridgehead atoms. The summed E-state index contributed by atoms with van der Waals surface area (Å²) < 4.78 is 6.05. The Balaban J connectivity index is 2.75. The molecule has 0 fully saturated rings. The summed E-state index contributed by atoms with van der Waals surface area (Å²) in [5, 5.41) is 12.1. The van der Waals surface area contributed by atoms with Gasteiger partial charge in [0.25, 0.3) is 0 Å². The lowest BCUT2D eigenvalue weighted by molar-refractivity contribution is -0.122. The average molecular weight is 344 g/mol.